The average molecular weight is 439 g/mol. The van der Waals surface area contributed by atoms with Gasteiger partial charge in [-0.15, -0.1) is 0 Å². The minimum Gasteiger partial charge on any atom is -0.455 e. The minimum absolute atomic E-state index is 0.0430. The third kappa shape index (κ3) is 3.85. The fourth-order valence-corrected chi connectivity index (χ4v) is 3.68. The third-order valence-corrected chi connectivity index (χ3v) is 5.25. The summed E-state index contributed by atoms with van der Waals surface area (Å²) >= 11 is 0. The lowest BCUT2D eigenvalue weighted by Crippen LogP contribution is -2.16. The van der Waals surface area contributed by atoms with Gasteiger partial charge >= 0.3 is 5.91 Å². The van der Waals surface area contributed by atoms with E-state index in [0.717, 1.165) is 21.7 Å². The fraction of sp³-hybridized carbons (Fsp3) is 0.0400. The Morgan fingerprint density at radius 3 is 2.70 bits per heavy atom. The molecule has 2 aromatic heterocycles. The van der Waals surface area contributed by atoms with Gasteiger partial charge in [0.25, 0.3) is 5.69 Å². The summed E-state index contributed by atoms with van der Waals surface area (Å²) in [6.07, 6.45) is 1.32. The molecule has 8 nitrogen and oxygen atoms in total. The number of hydrogen-bond donors (Lipinski definition) is 1. The number of nitrogens with zero attached hydrogens (tertiary/aromatic N) is 2. The number of hydrazone groups is 1. The second-order valence-electron chi connectivity index (χ2n) is 7.49. The number of carbonyl (C=O) groups excluding carboxylic acids is 1. The Morgan fingerprint density at radius 2 is 1.85 bits per heavy atom. The number of carbonyl (C=O) groups is 1. The van der Waals surface area contributed by atoms with Crippen LogP contribution in [-0.2, 0) is 0 Å². The predicted octanol–water partition coefficient (Wildman–Crippen LogP) is 5.83. The Hall–Kier alpha value is -4.72. The molecule has 0 saturated heterocycles. The molecule has 1 N–H and O–H groups in total. The van der Waals surface area contributed by atoms with Gasteiger partial charge in [-0.1, -0.05) is 36.4 Å². The zero-order valence-electron chi connectivity index (χ0n) is 17.4. The lowest BCUT2D eigenvalue weighted by molar-refractivity contribution is -0.384. The summed E-state index contributed by atoms with van der Waals surface area (Å²) in [5.74, 6) is 0.288. The maximum atomic E-state index is 12.5. The molecule has 0 fully saturated rings. The van der Waals surface area contributed by atoms with E-state index < -0.39 is 10.8 Å². The van der Waals surface area contributed by atoms with Gasteiger partial charge in [-0.2, -0.15) is 5.10 Å². The van der Waals surface area contributed by atoms with Crippen molar-refractivity contribution in [3.63, 3.8) is 0 Å². The van der Waals surface area contributed by atoms with Crippen molar-refractivity contribution in [2.24, 2.45) is 5.10 Å². The number of amides is 1. The Balaban J connectivity index is 1.34. The van der Waals surface area contributed by atoms with Crippen LogP contribution in [0.5, 0.6) is 0 Å². The highest BCUT2D eigenvalue weighted by atomic mass is 16.6. The van der Waals surface area contributed by atoms with Gasteiger partial charge in [-0.05, 0) is 53.6 Å². The van der Waals surface area contributed by atoms with Crippen LogP contribution in [0, 0.1) is 17.0 Å². The van der Waals surface area contributed by atoms with Gasteiger partial charge in [0, 0.05) is 11.5 Å². The summed E-state index contributed by atoms with van der Waals surface area (Å²) in [5, 5.41) is 18.2. The van der Waals surface area contributed by atoms with Crippen LogP contribution < -0.4 is 5.43 Å². The van der Waals surface area contributed by atoms with Crippen molar-refractivity contribution < 1.29 is 18.6 Å². The number of fused-ring (bicyclic) bond motifs is 3. The van der Waals surface area contributed by atoms with Gasteiger partial charge in [-0.3, -0.25) is 14.9 Å². The Labute approximate surface area is 187 Å². The van der Waals surface area contributed by atoms with Gasteiger partial charge in [0.15, 0.2) is 5.76 Å². The molecule has 3 aromatic carbocycles. The minimum atomic E-state index is -0.507. The van der Waals surface area contributed by atoms with Crippen LogP contribution in [0.2, 0.25) is 0 Å². The number of hydrogen-bond acceptors (Lipinski definition) is 6. The van der Waals surface area contributed by atoms with Crippen molar-refractivity contribution in [2.45, 2.75) is 6.92 Å². The zero-order valence-corrected chi connectivity index (χ0v) is 17.4. The first-order chi connectivity index (χ1) is 16.0. The van der Waals surface area contributed by atoms with Gasteiger partial charge in [-0.25, -0.2) is 5.43 Å². The number of nitro groups is 1. The molecular weight excluding hydrogens is 422 g/mol. The third-order valence-electron chi connectivity index (χ3n) is 5.25. The highest BCUT2D eigenvalue weighted by molar-refractivity contribution is 6.08. The van der Waals surface area contributed by atoms with Gasteiger partial charge in [0.05, 0.1) is 16.7 Å². The molecule has 0 saturated carbocycles. The Bertz CT molecular complexity index is 1560. The molecule has 1 amide bonds. The number of nitrogens with one attached hydrogen (secondary N) is 1. The summed E-state index contributed by atoms with van der Waals surface area (Å²) < 4.78 is 11.3. The molecule has 0 atom stereocenters. The number of aryl methyl sites for hydroxylation is 1. The maximum Gasteiger partial charge on any atom is 0.307 e. The van der Waals surface area contributed by atoms with E-state index in [1.165, 1.54) is 12.3 Å². The largest absolute Gasteiger partial charge is 0.455 e. The summed E-state index contributed by atoms with van der Waals surface area (Å²) in [7, 11) is 0. The second-order valence-corrected chi connectivity index (χ2v) is 7.49. The first kappa shape index (κ1) is 20.2. The smallest absolute Gasteiger partial charge is 0.307 e. The molecule has 0 aliphatic rings. The summed E-state index contributed by atoms with van der Waals surface area (Å²) in [6, 6.07) is 21.4. The van der Waals surface area contributed by atoms with E-state index in [1.807, 2.05) is 36.4 Å². The van der Waals surface area contributed by atoms with Crippen molar-refractivity contribution in [3.05, 3.63) is 100.0 Å². The van der Waals surface area contributed by atoms with Crippen molar-refractivity contribution in [1.29, 1.82) is 0 Å². The summed E-state index contributed by atoms with van der Waals surface area (Å²) in [6.45, 7) is 1.78. The van der Waals surface area contributed by atoms with Gasteiger partial charge < -0.3 is 8.83 Å². The van der Waals surface area contributed by atoms with Gasteiger partial charge in [0.1, 0.15) is 17.1 Å². The Morgan fingerprint density at radius 1 is 1.00 bits per heavy atom. The van der Waals surface area contributed by atoms with Crippen LogP contribution in [-0.4, -0.2) is 17.0 Å². The maximum absolute atomic E-state index is 12.5. The molecule has 0 aliphatic carbocycles. The quantitative estimate of drug-likeness (QED) is 0.210. The molecule has 33 heavy (non-hydrogen) atoms. The predicted molar refractivity (Wildman–Crippen MR) is 124 cm³/mol. The van der Waals surface area contributed by atoms with Crippen LogP contribution in [0.3, 0.4) is 0 Å². The van der Waals surface area contributed by atoms with Crippen LogP contribution in [0.4, 0.5) is 5.69 Å². The Kier molecular flexibility index (Phi) is 4.95. The topological polar surface area (TPSA) is 111 Å². The lowest BCUT2D eigenvalue weighted by Gasteiger charge is -2.01. The van der Waals surface area contributed by atoms with Crippen LogP contribution >= 0.6 is 0 Å². The van der Waals surface area contributed by atoms with Crippen LogP contribution in [0.15, 0.2) is 86.7 Å². The van der Waals surface area contributed by atoms with Crippen LogP contribution in [0.25, 0.3) is 33.1 Å². The van der Waals surface area contributed by atoms with Crippen molar-refractivity contribution in [1.82, 2.24) is 5.43 Å². The molecule has 0 bridgehead atoms. The summed E-state index contributed by atoms with van der Waals surface area (Å²) in [4.78, 5) is 23.4. The molecule has 0 radical (unpaired) electrons. The van der Waals surface area contributed by atoms with E-state index >= 15 is 0 Å². The van der Waals surface area contributed by atoms with E-state index in [0.29, 0.717) is 22.7 Å². The van der Waals surface area contributed by atoms with E-state index in [2.05, 4.69) is 10.5 Å². The molecule has 8 heteroatoms. The van der Waals surface area contributed by atoms with Crippen molar-refractivity contribution in [3.8, 4) is 11.3 Å². The first-order valence-electron chi connectivity index (χ1n) is 10.1. The van der Waals surface area contributed by atoms with Crippen LogP contribution in [0.1, 0.15) is 21.9 Å². The second kappa shape index (κ2) is 8.08. The SMILES string of the molecule is Cc1ccc(-c2ccc(C=NNC(=O)c3cc4c(ccc5ccccc54)o3)o2)c([N+](=O)[O-])c1. The molecule has 2 heterocycles. The van der Waals surface area contributed by atoms with E-state index in [4.69, 9.17) is 8.83 Å². The first-order valence-corrected chi connectivity index (χ1v) is 10.1. The molecule has 5 rings (SSSR count). The molecular formula is C25H17N3O5. The fourth-order valence-electron chi connectivity index (χ4n) is 3.68. The van der Waals surface area contributed by atoms with E-state index in [-0.39, 0.29) is 11.4 Å². The monoisotopic (exact) mass is 439 g/mol. The molecule has 0 aliphatic heterocycles. The van der Waals surface area contributed by atoms with Crippen molar-refractivity contribution in [2.75, 3.05) is 0 Å². The lowest BCUT2D eigenvalue weighted by atomic mass is 10.1. The molecule has 0 unspecified atom stereocenters. The molecule has 162 valence electrons. The molecule has 5 aromatic rings. The highest BCUT2D eigenvalue weighted by Gasteiger charge is 2.18. The number of rotatable bonds is 5. The highest BCUT2D eigenvalue weighted by Crippen LogP contribution is 2.32. The average Bonchev–Trinajstić information content (AvgIpc) is 3.46. The van der Waals surface area contributed by atoms with E-state index in [1.54, 1.807) is 37.3 Å². The number of benzene rings is 3. The van der Waals surface area contributed by atoms with E-state index in [9.17, 15) is 14.9 Å². The number of nitro benzene ring substituents is 1. The normalized spacial score (nSPS) is 11.4. The zero-order chi connectivity index (χ0) is 22.9. The number of furan rings is 2. The van der Waals surface area contributed by atoms with Crippen molar-refractivity contribution >= 4 is 39.6 Å². The summed E-state index contributed by atoms with van der Waals surface area (Å²) in [5.41, 5.74) is 4.12. The molecule has 0 spiro atoms. The van der Waals surface area contributed by atoms with Gasteiger partial charge in [0.2, 0.25) is 0 Å². The standard InChI is InChI=1S/C25H17N3O5/c1-15-6-9-19(21(12-15)28(30)31)22-11-8-17(32-22)14-26-27-25(29)24-13-20-18-5-3-2-4-16(18)7-10-23(20)33-24/h2-14H,1H3,(H,27,29).